The highest BCUT2D eigenvalue weighted by atomic mass is 35.5. The van der Waals surface area contributed by atoms with Crippen LogP contribution in [-0.4, -0.2) is 62.1 Å². The maximum atomic E-state index is 12.6. The SMILES string of the molecule is CCCCC(c1nnnn1C1CCCCC1)N1CCN(C(=O)c2ccco2)CC1.Cl. The molecule has 1 aliphatic heterocycles. The number of hydrogen-bond donors (Lipinski definition) is 0. The molecule has 9 heteroatoms. The zero-order valence-corrected chi connectivity index (χ0v) is 18.6. The van der Waals surface area contributed by atoms with Gasteiger partial charge in [0.25, 0.3) is 5.91 Å². The number of nitrogens with zero attached hydrogens (tertiary/aromatic N) is 6. The fraction of sp³-hybridized carbons (Fsp3) is 0.714. The van der Waals surface area contributed by atoms with Crippen LogP contribution in [0.1, 0.15) is 86.8 Å². The number of amides is 1. The minimum Gasteiger partial charge on any atom is -0.459 e. The molecule has 1 saturated carbocycles. The van der Waals surface area contributed by atoms with Crippen molar-refractivity contribution in [2.75, 3.05) is 26.2 Å². The van der Waals surface area contributed by atoms with Crippen molar-refractivity contribution in [3.63, 3.8) is 0 Å². The van der Waals surface area contributed by atoms with Crippen molar-refractivity contribution in [2.24, 2.45) is 0 Å². The van der Waals surface area contributed by atoms with E-state index in [0.29, 0.717) is 24.9 Å². The number of furan rings is 1. The highest BCUT2D eigenvalue weighted by molar-refractivity contribution is 5.91. The van der Waals surface area contributed by atoms with E-state index in [9.17, 15) is 4.79 Å². The number of halogens is 1. The number of piperazine rings is 1. The summed E-state index contributed by atoms with van der Waals surface area (Å²) in [5, 5.41) is 12.9. The van der Waals surface area contributed by atoms with E-state index in [0.717, 1.165) is 38.2 Å². The summed E-state index contributed by atoms with van der Waals surface area (Å²) >= 11 is 0. The Morgan fingerprint density at radius 2 is 1.97 bits per heavy atom. The highest BCUT2D eigenvalue weighted by Gasteiger charge is 2.32. The fourth-order valence-corrected chi connectivity index (χ4v) is 4.67. The first-order chi connectivity index (χ1) is 14.3. The molecule has 1 atom stereocenters. The van der Waals surface area contributed by atoms with Crippen LogP contribution in [0.15, 0.2) is 22.8 Å². The molecule has 166 valence electrons. The number of rotatable bonds is 7. The molecule has 2 fully saturated rings. The number of unbranched alkanes of at least 4 members (excludes halogenated alkanes) is 1. The van der Waals surface area contributed by atoms with Gasteiger partial charge < -0.3 is 9.32 Å². The van der Waals surface area contributed by atoms with Crippen molar-refractivity contribution in [2.45, 2.75) is 70.4 Å². The summed E-state index contributed by atoms with van der Waals surface area (Å²) in [5.41, 5.74) is 0. The van der Waals surface area contributed by atoms with Gasteiger partial charge in [-0.2, -0.15) is 0 Å². The standard InChI is InChI=1S/C21H32N6O2.ClH/c1-2-3-10-18(20-22-23-24-27(20)17-8-5-4-6-9-17)25-12-14-26(15-13-25)21(28)19-11-7-16-29-19;/h7,11,16-18H,2-6,8-10,12-15H2,1H3;1H. The van der Waals surface area contributed by atoms with Gasteiger partial charge in [-0.15, -0.1) is 17.5 Å². The van der Waals surface area contributed by atoms with Crippen molar-refractivity contribution < 1.29 is 9.21 Å². The molecule has 0 N–H and O–H groups in total. The van der Waals surface area contributed by atoms with Gasteiger partial charge >= 0.3 is 0 Å². The zero-order chi connectivity index (χ0) is 20.1. The van der Waals surface area contributed by atoms with Crippen molar-refractivity contribution in [1.82, 2.24) is 30.0 Å². The second-order valence-electron chi connectivity index (χ2n) is 8.24. The summed E-state index contributed by atoms with van der Waals surface area (Å²) in [6.45, 7) is 5.29. The quantitative estimate of drug-likeness (QED) is 0.655. The van der Waals surface area contributed by atoms with Gasteiger partial charge in [-0.05, 0) is 41.8 Å². The fourth-order valence-electron chi connectivity index (χ4n) is 4.67. The Kier molecular flexibility index (Phi) is 8.27. The Morgan fingerprint density at radius 1 is 1.20 bits per heavy atom. The lowest BCUT2D eigenvalue weighted by Crippen LogP contribution is -2.50. The molecule has 0 spiro atoms. The Hall–Kier alpha value is -1.93. The van der Waals surface area contributed by atoms with Crippen molar-refractivity contribution in [3.05, 3.63) is 30.0 Å². The van der Waals surface area contributed by atoms with Gasteiger partial charge in [0.05, 0.1) is 18.3 Å². The number of aromatic nitrogens is 4. The summed E-state index contributed by atoms with van der Waals surface area (Å²) < 4.78 is 7.39. The average Bonchev–Trinajstić information content (AvgIpc) is 3.47. The summed E-state index contributed by atoms with van der Waals surface area (Å²) in [7, 11) is 0. The molecule has 2 aromatic heterocycles. The molecule has 1 amide bonds. The number of hydrogen-bond acceptors (Lipinski definition) is 6. The maximum absolute atomic E-state index is 12.6. The third kappa shape index (κ3) is 5.03. The van der Waals surface area contributed by atoms with E-state index in [-0.39, 0.29) is 24.4 Å². The van der Waals surface area contributed by atoms with Crippen LogP contribution in [0.4, 0.5) is 0 Å². The van der Waals surface area contributed by atoms with E-state index < -0.39 is 0 Å². The number of carbonyl (C=O) groups excluding carboxylic acids is 1. The molecule has 1 aliphatic carbocycles. The summed E-state index contributed by atoms with van der Waals surface area (Å²) in [5.74, 6) is 1.41. The second kappa shape index (κ2) is 10.9. The van der Waals surface area contributed by atoms with Crippen molar-refractivity contribution >= 4 is 18.3 Å². The van der Waals surface area contributed by atoms with Crippen LogP contribution in [-0.2, 0) is 0 Å². The zero-order valence-electron chi connectivity index (χ0n) is 17.8. The van der Waals surface area contributed by atoms with Gasteiger partial charge in [0, 0.05) is 26.2 Å². The minimum absolute atomic E-state index is 0. The average molecular weight is 437 g/mol. The van der Waals surface area contributed by atoms with Crippen LogP contribution >= 0.6 is 12.4 Å². The molecule has 2 aliphatic rings. The predicted molar refractivity (Wildman–Crippen MR) is 116 cm³/mol. The molecule has 30 heavy (non-hydrogen) atoms. The lowest BCUT2D eigenvalue weighted by atomic mass is 9.95. The number of tetrazole rings is 1. The maximum Gasteiger partial charge on any atom is 0.289 e. The van der Waals surface area contributed by atoms with Crippen LogP contribution < -0.4 is 0 Å². The normalized spacial score (nSPS) is 19.4. The van der Waals surface area contributed by atoms with Gasteiger partial charge in [-0.3, -0.25) is 9.69 Å². The first kappa shape index (κ1) is 22.7. The van der Waals surface area contributed by atoms with Gasteiger partial charge in [0.1, 0.15) is 0 Å². The molecule has 0 bridgehead atoms. The second-order valence-corrected chi connectivity index (χ2v) is 8.24. The monoisotopic (exact) mass is 436 g/mol. The molecule has 4 rings (SSSR count). The molecule has 1 unspecified atom stereocenters. The Balaban J connectivity index is 0.00000256. The molecule has 3 heterocycles. The smallest absolute Gasteiger partial charge is 0.289 e. The van der Waals surface area contributed by atoms with E-state index in [1.165, 1.54) is 32.1 Å². The van der Waals surface area contributed by atoms with Gasteiger partial charge in [-0.1, -0.05) is 39.0 Å². The van der Waals surface area contributed by atoms with E-state index in [4.69, 9.17) is 4.42 Å². The number of carbonyl (C=O) groups is 1. The molecule has 0 aromatic carbocycles. The van der Waals surface area contributed by atoms with Crippen LogP contribution in [0.5, 0.6) is 0 Å². The van der Waals surface area contributed by atoms with Crippen LogP contribution in [0, 0.1) is 0 Å². The lowest BCUT2D eigenvalue weighted by molar-refractivity contribution is 0.0509. The van der Waals surface area contributed by atoms with Crippen molar-refractivity contribution in [3.8, 4) is 0 Å². The van der Waals surface area contributed by atoms with E-state index in [1.54, 1.807) is 18.4 Å². The third-order valence-electron chi connectivity index (χ3n) is 6.34. The molecular weight excluding hydrogens is 404 g/mol. The van der Waals surface area contributed by atoms with Gasteiger partial charge in [0.2, 0.25) is 0 Å². The van der Waals surface area contributed by atoms with Gasteiger partial charge in [0.15, 0.2) is 11.6 Å². The van der Waals surface area contributed by atoms with E-state index in [2.05, 4.69) is 32.0 Å². The highest BCUT2D eigenvalue weighted by Crippen LogP contribution is 2.32. The van der Waals surface area contributed by atoms with Crippen LogP contribution in [0.3, 0.4) is 0 Å². The molecule has 0 radical (unpaired) electrons. The Labute approximate surface area is 184 Å². The van der Waals surface area contributed by atoms with Crippen LogP contribution in [0.25, 0.3) is 0 Å². The largest absolute Gasteiger partial charge is 0.459 e. The molecular formula is C21H33ClN6O2. The molecule has 2 aromatic rings. The topological polar surface area (TPSA) is 80.3 Å². The van der Waals surface area contributed by atoms with Crippen LogP contribution in [0.2, 0.25) is 0 Å². The third-order valence-corrected chi connectivity index (χ3v) is 6.34. The summed E-state index contributed by atoms with van der Waals surface area (Å²) in [4.78, 5) is 16.9. The van der Waals surface area contributed by atoms with Gasteiger partial charge in [-0.25, -0.2) is 4.68 Å². The molecule has 1 saturated heterocycles. The van der Waals surface area contributed by atoms with E-state index in [1.807, 2.05) is 4.90 Å². The first-order valence-corrected chi connectivity index (χ1v) is 11.1. The lowest BCUT2D eigenvalue weighted by Gasteiger charge is -2.39. The Bertz CT molecular complexity index is 766. The summed E-state index contributed by atoms with van der Waals surface area (Å²) in [6, 6.07) is 4.14. The minimum atomic E-state index is -0.0215. The Morgan fingerprint density at radius 3 is 2.63 bits per heavy atom. The van der Waals surface area contributed by atoms with Crippen molar-refractivity contribution in [1.29, 1.82) is 0 Å². The summed E-state index contributed by atoms with van der Waals surface area (Å²) in [6.07, 6.45) is 11.1. The predicted octanol–water partition coefficient (Wildman–Crippen LogP) is 3.88. The van der Waals surface area contributed by atoms with E-state index >= 15 is 0 Å². The first-order valence-electron chi connectivity index (χ1n) is 11.1. The molecule has 8 nitrogen and oxygen atoms in total.